The summed E-state index contributed by atoms with van der Waals surface area (Å²) >= 11 is 5.98. The highest BCUT2D eigenvalue weighted by Crippen LogP contribution is 2.34. The molecule has 0 radical (unpaired) electrons. The predicted molar refractivity (Wildman–Crippen MR) is 105 cm³/mol. The van der Waals surface area contributed by atoms with Crippen LogP contribution in [0.1, 0.15) is 42.2 Å². The molecule has 2 aromatic carbocycles. The van der Waals surface area contributed by atoms with Crippen molar-refractivity contribution in [1.29, 1.82) is 0 Å². The lowest BCUT2D eigenvalue weighted by atomic mass is 9.92. The SMILES string of the molecule is COc1ccccc1[C@@H](CC[NH2+][C@H](C)c1ccc(Cl)cc1)c1ccco1. The highest BCUT2D eigenvalue weighted by Gasteiger charge is 2.21. The maximum Gasteiger partial charge on any atom is 0.122 e. The molecule has 0 fully saturated rings. The van der Waals surface area contributed by atoms with Gasteiger partial charge in [0, 0.05) is 22.6 Å². The molecule has 0 aliphatic heterocycles. The van der Waals surface area contributed by atoms with Crippen molar-refractivity contribution >= 4 is 11.6 Å². The Bertz CT molecular complexity index is 799. The highest BCUT2D eigenvalue weighted by atomic mass is 35.5. The summed E-state index contributed by atoms with van der Waals surface area (Å²) in [7, 11) is 1.72. The third-order valence-corrected chi connectivity index (χ3v) is 5.02. The van der Waals surface area contributed by atoms with Crippen LogP contribution in [0.5, 0.6) is 5.75 Å². The van der Waals surface area contributed by atoms with Crippen molar-refractivity contribution in [2.45, 2.75) is 25.3 Å². The predicted octanol–water partition coefficient (Wildman–Crippen LogP) is 4.79. The molecule has 0 unspecified atom stereocenters. The summed E-state index contributed by atoms with van der Waals surface area (Å²) in [5.74, 6) is 2.05. The summed E-state index contributed by atoms with van der Waals surface area (Å²) < 4.78 is 11.3. The van der Waals surface area contributed by atoms with Gasteiger partial charge in [-0.2, -0.15) is 0 Å². The number of furan rings is 1. The Morgan fingerprint density at radius 3 is 2.50 bits per heavy atom. The molecule has 0 saturated carbocycles. The van der Waals surface area contributed by atoms with Crippen molar-refractivity contribution in [3.8, 4) is 5.75 Å². The van der Waals surface area contributed by atoms with Gasteiger partial charge in [-0.1, -0.05) is 41.9 Å². The summed E-state index contributed by atoms with van der Waals surface area (Å²) in [6.45, 7) is 3.20. The minimum Gasteiger partial charge on any atom is -0.496 e. The van der Waals surface area contributed by atoms with E-state index in [1.807, 2.05) is 42.5 Å². The average Bonchev–Trinajstić information content (AvgIpc) is 3.20. The van der Waals surface area contributed by atoms with Gasteiger partial charge in [0.15, 0.2) is 0 Å². The Kier molecular flexibility index (Phi) is 6.37. The summed E-state index contributed by atoms with van der Waals surface area (Å²) in [4.78, 5) is 0. The van der Waals surface area contributed by atoms with Gasteiger partial charge in [0.1, 0.15) is 17.6 Å². The second-order valence-corrected chi connectivity index (χ2v) is 6.90. The lowest BCUT2D eigenvalue weighted by Crippen LogP contribution is -2.84. The molecule has 1 heterocycles. The number of ether oxygens (including phenoxy) is 1. The van der Waals surface area contributed by atoms with Crippen LogP contribution < -0.4 is 10.1 Å². The Balaban J connectivity index is 1.70. The normalized spacial score (nSPS) is 13.3. The van der Waals surface area contributed by atoms with E-state index in [9.17, 15) is 0 Å². The van der Waals surface area contributed by atoms with Gasteiger partial charge in [-0.15, -0.1) is 0 Å². The topological polar surface area (TPSA) is 39.0 Å². The van der Waals surface area contributed by atoms with Gasteiger partial charge in [0.05, 0.1) is 25.8 Å². The van der Waals surface area contributed by atoms with Gasteiger partial charge in [-0.25, -0.2) is 0 Å². The average molecular weight is 371 g/mol. The van der Waals surface area contributed by atoms with E-state index in [-0.39, 0.29) is 5.92 Å². The van der Waals surface area contributed by atoms with Crippen molar-refractivity contribution in [3.63, 3.8) is 0 Å². The van der Waals surface area contributed by atoms with E-state index in [1.165, 1.54) is 5.56 Å². The summed E-state index contributed by atoms with van der Waals surface area (Å²) in [6.07, 6.45) is 2.70. The smallest absolute Gasteiger partial charge is 0.122 e. The Hall–Kier alpha value is -2.23. The maximum atomic E-state index is 5.98. The number of methoxy groups -OCH3 is 1. The monoisotopic (exact) mass is 370 g/mol. The molecule has 0 saturated heterocycles. The molecule has 3 nitrogen and oxygen atoms in total. The number of para-hydroxylation sites is 1. The van der Waals surface area contributed by atoms with Crippen molar-refractivity contribution in [2.24, 2.45) is 0 Å². The second kappa shape index (κ2) is 8.93. The van der Waals surface area contributed by atoms with Crippen LogP contribution in [0.2, 0.25) is 5.02 Å². The zero-order valence-electron chi connectivity index (χ0n) is 15.2. The lowest BCUT2D eigenvalue weighted by Gasteiger charge is -2.19. The Labute approximate surface area is 159 Å². The van der Waals surface area contributed by atoms with Gasteiger partial charge in [0.25, 0.3) is 0 Å². The quantitative estimate of drug-likeness (QED) is 0.619. The minimum absolute atomic E-state index is 0.176. The van der Waals surface area contributed by atoms with Crippen LogP contribution >= 0.6 is 11.6 Å². The minimum atomic E-state index is 0.176. The number of halogens is 1. The van der Waals surface area contributed by atoms with Crippen LogP contribution in [0.4, 0.5) is 0 Å². The van der Waals surface area contributed by atoms with E-state index in [1.54, 1.807) is 13.4 Å². The van der Waals surface area contributed by atoms with Crippen molar-refractivity contribution in [2.75, 3.05) is 13.7 Å². The third-order valence-electron chi connectivity index (χ3n) is 4.77. The summed E-state index contributed by atoms with van der Waals surface area (Å²) in [6, 6.07) is 20.6. The maximum absolute atomic E-state index is 5.98. The molecule has 3 rings (SSSR count). The van der Waals surface area contributed by atoms with E-state index in [0.29, 0.717) is 6.04 Å². The Morgan fingerprint density at radius 1 is 1.04 bits per heavy atom. The molecule has 2 N–H and O–H groups in total. The molecular formula is C22H25ClNO2+. The fraction of sp³-hybridized carbons (Fsp3) is 0.273. The zero-order chi connectivity index (χ0) is 18.4. The van der Waals surface area contributed by atoms with Crippen molar-refractivity contribution < 1.29 is 14.5 Å². The van der Waals surface area contributed by atoms with E-state index < -0.39 is 0 Å². The number of hydrogen-bond acceptors (Lipinski definition) is 2. The van der Waals surface area contributed by atoms with Crippen LogP contribution in [0.25, 0.3) is 0 Å². The molecule has 3 aromatic rings. The number of hydrogen-bond donors (Lipinski definition) is 1. The molecule has 0 bridgehead atoms. The van der Waals surface area contributed by atoms with Gasteiger partial charge in [0.2, 0.25) is 0 Å². The molecule has 136 valence electrons. The first-order valence-corrected chi connectivity index (χ1v) is 9.32. The van der Waals surface area contributed by atoms with E-state index >= 15 is 0 Å². The highest BCUT2D eigenvalue weighted by molar-refractivity contribution is 6.30. The van der Waals surface area contributed by atoms with Gasteiger partial charge in [-0.3, -0.25) is 0 Å². The zero-order valence-corrected chi connectivity index (χ0v) is 15.9. The summed E-state index contributed by atoms with van der Waals surface area (Å²) in [5, 5.41) is 3.13. The van der Waals surface area contributed by atoms with Crippen LogP contribution in [0.15, 0.2) is 71.3 Å². The molecule has 4 heteroatoms. The number of benzene rings is 2. The first kappa shape index (κ1) is 18.6. The molecule has 0 aliphatic carbocycles. The largest absolute Gasteiger partial charge is 0.496 e. The second-order valence-electron chi connectivity index (χ2n) is 6.46. The van der Waals surface area contributed by atoms with E-state index in [4.69, 9.17) is 20.8 Å². The van der Waals surface area contributed by atoms with Gasteiger partial charge in [-0.05, 0) is 37.3 Å². The van der Waals surface area contributed by atoms with Crippen molar-refractivity contribution in [3.05, 3.63) is 88.8 Å². The molecule has 0 spiro atoms. The molecular weight excluding hydrogens is 346 g/mol. The van der Waals surface area contributed by atoms with E-state index in [0.717, 1.165) is 35.1 Å². The van der Waals surface area contributed by atoms with E-state index in [2.05, 4.69) is 30.4 Å². The van der Waals surface area contributed by atoms with Crippen LogP contribution in [-0.2, 0) is 0 Å². The molecule has 0 amide bonds. The molecule has 0 aliphatic rings. The van der Waals surface area contributed by atoms with Crippen LogP contribution in [0, 0.1) is 0 Å². The lowest BCUT2D eigenvalue weighted by molar-refractivity contribution is -0.693. The number of nitrogens with two attached hydrogens (primary N) is 1. The number of rotatable bonds is 8. The van der Waals surface area contributed by atoms with Crippen molar-refractivity contribution in [1.82, 2.24) is 0 Å². The fourth-order valence-electron chi connectivity index (χ4n) is 3.31. The molecule has 26 heavy (non-hydrogen) atoms. The molecule has 1 aromatic heterocycles. The van der Waals surface area contributed by atoms with Crippen LogP contribution in [0.3, 0.4) is 0 Å². The van der Waals surface area contributed by atoms with Gasteiger partial charge < -0.3 is 14.5 Å². The number of quaternary nitrogens is 1. The summed E-state index contributed by atoms with van der Waals surface area (Å²) in [5.41, 5.74) is 2.44. The van der Waals surface area contributed by atoms with Gasteiger partial charge >= 0.3 is 0 Å². The first-order valence-electron chi connectivity index (χ1n) is 8.94. The third kappa shape index (κ3) is 4.48. The Morgan fingerprint density at radius 2 is 1.81 bits per heavy atom. The fourth-order valence-corrected chi connectivity index (χ4v) is 3.44. The standard InChI is InChI=1S/C22H24ClNO2/c1-16(17-9-11-18(23)12-10-17)24-14-13-20(22-8-5-15-26-22)19-6-3-4-7-21(19)25-2/h3-12,15-16,20,24H,13-14H2,1-2H3/p+1/t16-,20-/m1/s1. The molecule has 2 atom stereocenters. The van der Waals surface area contributed by atoms with Crippen LogP contribution in [-0.4, -0.2) is 13.7 Å². The first-order chi connectivity index (χ1) is 12.7.